The van der Waals surface area contributed by atoms with Gasteiger partial charge in [-0.1, -0.05) is 20.3 Å². The van der Waals surface area contributed by atoms with E-state index in [-0.39, 0.29) is 11.5 Å². The minimum atomic E-state index is -0.592. The number of hydrogen-bond donors (Lipinski definition) is 2. The molecule has 1 aliphatic carbocycles. The maximum absolute atomic E-state index is 11.1. The quantitative estimate of drug-likeness (QED) is 0.795. The van der Waals surface area contributed by atoms with Gasteiger partial charge in [0.15, 0.2) is 0 Å². The maximum atomic E-state index is 11.1. The van der Waals surface area contributed by atoms with Gasteiger partial charge >= 0.3 is 0 Å². The highest BCUT2D eigenvalue weighted by atomic mass is 16.5. The molecular formula is C14H27NO2. The summed E-state index contributed by atoms with van der Waals surface area (Å²) in [5, 5.41) is 11.1. The summed E-state index contributed by atoms with van der Waals surface area (Å²) in [6, 6.07) is 0. The Balaban J connectivity index is 2.17. The van der Waals surface area contributed by atoms with Gasteiger partial charge < -0.3 is 15.6 Å². The summed E-state index contributed by atoms with van der Waals surface area (Å²) in [7, 11) is 0. The minimum absolute atomic E-state index is 0.0520. The van der Waals surface area contributed by atoms with Crippen molar-refractivity contribution in [3.8, 4) is 0 Å². The molecule has 17 heavy (non-hydrogen) atoms. The fourth-order valence-electron chi connectivity index (χ4n) is 3.87. The molecule has 2 aliphatic rings. The molecule has 1 heterocycles. The van der Waals surface area contributed by atoms with E-state index in [1.807, 2.05) is 0 Å². The van der Waals surface area contributed by atoms with E-state index < -0.39 is 5.60 Å². The van der Waals surface area contributed by atoms with E-state index in [1.165, 1.54) is 6.42 Å². The Hall–Kier alpha value is -0.120. The van der Waals surface area contributed by atoms with E-state index >= 15 is 0 Å². The number of rotatable bonds is 3. The van der Waals surface area contributed by atoms with Crippen LogP contribution < -0.4 is 5.73 Å². The van der Waals surface area contributed by atoms with E-state index in [4.69, 9.17) is 10.5 Å². The molecule has 4 unspecified atom stereocenters. The number of aliphatic hydroxyl groups is 1. The van der Waals surface area contributed by atoms with Gasteiger partial charge in [0.05, 0.1) is 11.7 Å². The monoisotopic (exact) mass is 241 g/mol. The molecule has 0 aromatic heterocycles. The average molecular weight is 241 g/mol. The first-order valence-corrected chi connectivity index (χ1v) is 7.09. The van der Waals surface area contributed by atoms with Crippen LogP contribution >= 0.6 is 0 Å². The molecule has 0 radical (unpaired) electrons. The zero-order valence-corrected chi connectivity index (χ0v) is 11.2. The Morgan fingerprint density at radius 3 is 2.65 bits per heavy atom. The summed E-state index contributed by atoms with van der Waals surface area (Å²) in [6.07, 6.45) is 6.10. The van der Waals surface area contributed by atoms with Crippen LogP contribution in [0.25, 0.3) is 0 Å². The zero-order chi connectivity index (χ0) is 12.5. The molecule has 0 spiro atoms. The lowest BCUT2D eigenvalue weighted by atomic mass is 9.65. The molecule has 1 saturated heterocycles. The third kappa shape index (κ3) is 2.25. The predicted molar refractivity (Wildman–Crippen MR) is 68.7 cm³/mol. The van der Waals surface area contributed by atoms with Gasteiger partial charge in [-0.25, -0.2) is 0 Å². The van der Waals surface area contributed by atoms with Crippen molar-refractivity contribution in [1.82, 2.24) is 0 Å². The molecule has 4 atom stereocenters. The Morgan fingerprint density at radius 2 is 2.12 bits per heavy atom. The molecule has 0 bridgehead atoms. The van der Waals surface area contributed by atoms with Crippen molar-refractivity contribution >= 4 is 0 Å². The zero-order valence-electron chi connectivity index (χ0n) is 11.2. The third-order valence-electron chi connectivity index (χ3n) is 5.12. The van der Waals surface area contributed by atoms with Gasteiger partial charge in [-0.15, -0.1) is 0 Å². The van der Waals surface area contributed by atoms with Crippen molar-refractivity contribution in [3.63, 3.8) is 0 Å². The first kappa shape index (κ1) is 13.3. The lowest BCUT2D eigenvalue weighted by Gasteiger charge is -2.49. The molecule has 3 N–H and O–H groups in total. The van der Waals surface area contributed by atoms with E-state index in [0.29, 0.717) is 19.1 Å². The largest absolute Gasteiger partial charge is 0.389 e. The van der Waals surface area contributed by atoms with Crippen LogP contribution in [0.3, 0.4) is 0 Å². The maximum Gasteiger partial charge on any atom is 0.0762 e. The second-order valence-electron chi connectivity index (χ2n) is 6.22. The average Bonchev–Trinajstić information content (AvgIpc) is 2.73. The van der Waals surface area contributed by atoms with Gasteiger partial charge in [0.2, 0.25) is 0 Å². The summed E-state index contributed by atoms with van der Waals surface area (Å²) >= 11 is 0. The number of ether oxygens (including phenoxy) is 1. The molecular weight excluding hydrogens is 214 g/mol. The van der Waals surface area contributed by atoms with Crippen LogP contribution in [0.15, 0.2) is 0 Å². The van der Waals surface area contributed by atoms with Crippen molar-refractivity contribution in [3.05, 3.63) is 0 Å². The SMILES string of the molecule is CCC1CC(O)(C2(CN)CCC(C)C2)CCO1. The van der Waals surface area contributed by atoms with E-state index in [1.54, 1.807) is 0 Å². The first-order chi connectivity index (χ1) is 8.05. The van der Waals surface area contributed by atoms with Crippen LogP contribution in [0.4, 0.5) is 0 Å². The fourth-order valence-corrected chi connectivity index (χ4v) is 3.87. The highest BCUT2D eigenvalue weighted by Gasteiger charge is 2.54. The van der Waals surface area contributed by atoms with Crippen LogP contribution in [0.2, 0.25) is 0 Å². The van der Waals surface area contributed by atoms with E-state index in [0.717, 1.165) is 32.1 Å². The smallest absolute Gasteiger partial charge is 0.0762 e. The van der Waals surface area contributed by atoms with Gasteiger partial charge in [-0.2, -0.15) is 0 Å². The molecule has 3 heteroatoms. The molecule has 1 saturated carbocycles. The molecule has 3 nitrogen and oxygen atoms in total. The van der Waals surface area contributed by atoms with Crippen LogP contribution in [0, 0.1) is 11.3 Å². The second kappa shape index (κ2) is 4.87. The van der Waals surface area contributed by atoms with Crippen molar-refractivity contribution in [1.29, 1.82) is 0 Å². The molecule has 1 aliphatic heterocycles. The molecule has 100 valence electrons. The van der Waals surface area contributed by atoms with Crippen molar-refractivity contribution in [2.75, 3.05) is 13.2 Å². The standard InChI is InChI=1S/C14H27NO2/c1-3-12-9-14(16,6-7-17-12)13(10-15)5-4-11(2)8-13/h11-12,16H,3-10,15H2,1-2H3. The number of hydrogen-bond acceptors (Lipinski definition) is 3. The normalized spacial score (nSPS) is 47.3. The van der Waals surface area contributed by atoms with Crippen LogP contribution in [-0.4, -0.2) is 30.0 Å². The van der Waals surface area contributed by atoms with Gasteiger partial charge in [0, 0.05) is 31.4 Å². The third-order valence-corrected chi connectivity index (χ3v) is 5.12. The van der Waals surface area contributed by atoms with Gasteiger partial charge in [-0.05, 0) is 25.2 Å². The van der Waals surface area contributed by atoms with Gasteiger partial charge in [0.1, 0.15) is 0 Å². The van der Waals surface area contributed by atoms with E-state index in [2.05, 4.69) is 13.8 Å². The Kier molecular flexibility index (Phi) is 3.81. The molecule has 0 amide bonds. The fraction of sp³-hybridized carbons (Fsp3) is 1.00. The topological polar surface area (TPSA) is 55.5 Å². The summed E-state index contributed by atoms with van der Waals surface area (Å²) in [6.45, 7) is 5.70. The minimum Gasteiger partial charge on any atom is -0.389 e. The summed E-state index contributed by atoms with van der Waals surface area (Å²) in [5.41, 5.74) is 5.39. The first-order valence-electron chi connectivity index (χ1n) is 7.09. The van der Waals surface area contributed by atoms with Crippen LogP contribution in [-0.2, 0) is 4.74 Å². The van der Waals surface area contributed by atoms with Crippen molar-refractivity contribution in [2.24, 2.45) is 17.1 Å². The Morgan fingerprint density at radius 1 is 1.35 bits per heavy atom. The van der Waals surface area contributed by atoms with Crippen LogP contribution in [0.5, 0.6) is 0 Å². The van der Waals surface area contributed by atoms with Crippen molar-refractivity contribution in [2.45, 2.75) is 64.1 Å². The second-order valence-corrected chi connectivity index (χ2v) is 6.22. The molecule has 0 aromatic carbocycles. The number of nitrogens with two attached hydrogens (primary N) is 1. The molecule has 2 fully saturated rings. The molecule has 0 aromatic rings. The Bertz CT molecular complexity index is 271. The Labute approximate surface area is 105 Å². The lowest BCUT2D eigenvalue weighted by Crippen LogP contribution is -2.56. The summed E-state index contributed by atoms with van der Waals surface area (Å²) in [5.74, 6) is 0.700. The predicted octanol–water partition coefficient (Wildman–Crippen LogP) is 2.07. The summed E-state index contributed by atoms with van der Waals surface area (Å²) < 4.78 is 5.70. The lowest BCUT2D eigenvalue weighted by molar-refractivity contribution is -0.165. The van der Waals surface area contributed by atoms with Gasteiger partial charge in [0.25, 0.3) is 0 Å². The highest BCUT2D eigenvalue weighted by molar-refractivity contribution is 5.05. The van der Waals surface area contributed by atoms with E-state index in [9.17, 15) is 5.11 Å². The highest BCUT2D eigenvalue weighted by Crippen LogP contribution is 2.52. The summed E-state index contributed by atoms with van der Waals surface area (Å²) in [4.78, 5) is 0. The van der Waals surface area contributed by atoms with Crippen LogP contribution in [0.1, 0.15) is 52.4 Å². The molecule has 2 rings (SSSR count). The van der Waals surface area contributed by atoms with Gasteiger partial charge in [-0.3, -0.25) is 0 Å². The van der Waals surface area contributed by atoms with Crippen molar-refractivity contribution < 1.29 is 9.84 Å².